The number of ether oxygens (including phenoxy) is 2. The third-order valence-electron chi connectivity index (χ3n) is 6.32. The lowest BCUT2D eigenvalue weighted by molar-refractivity contribution is -0.0588. The van der Waals surface area contributed by atoms with E-state index in [-0.39, 0.29) is 5.60 Å². The second kappa shape index (κ2) is 8.75. The quantitative estimate of drug-likeness (QED) is 0.733. The zero-order chi connectivity index (χ0) is 21.3. The van der Waals surface area contributed by atoms with Crippen LogP contribution in [-0.4, -0.2) is 47.0 Å². The highest BCUT2D eigenvalue weighted by molar-refractivity contribution is 6.31. The number of hydrogen-bond acceptors (Lipinski definition) is 5. The minimum absolute atomic E-state index is 0.354. The molecule has 0 bridgehead atoms. The van der Waals surface area contributed by atoms with E-state index in [1.165, 1.54) is 0 Å². The van der Waals surface area contributed by atoms with Crippen molar-refractivity contribution in [2.75, 3.05) is 26.2 Å². The number of rotatable bonds is 5. The van der Waals surface area contributed by atoms with Crippen LogP contribution in [0.15, 0.2) is 36.4 Å². The van der Waals surface area contributed by atoms with Crippen molar-refractivity contribution in [2.24, 2.45) is 0 Å². The van der Waals surface area contributed by atoms with Crippen molar-refractivity contribution in [3.8, 4) is 11.5 Å². The molecule has 2 aromatic carbocycles. The van der Waals surface area contributed by atoms with Gasteiger partial charge in [-0.2, -0.15) is 0 Å². The van der Waals surface area contributed by atoms with Gasteiger partial charge in [0.15, 0.2) is 0 Å². The van der Waals surface area contributed by atoms with E-state index in [4.69, 9.17) is 21.1 Å². The summed E-state index contributed by atoms with van der Waals surface area (Å²) in [6.07, 6.45) is 1.11. The minimum Gasteiger partial charge on any atom is -0.494 e. The number of halogens is 1. The Morgan fingerprint density at radius 1 is 1.23 bits per heavy atom. The Balaban J connectivity index is 1.37. The Hall–Kier alpha value is -1.79. The number of β-amino-alcohol motifs (C(OH)–C–C–N with tert-alkyl or cyclic N) is 1. The van der Waals surface area contributed by atoms with Crippen molar-refractivity contribution in [3.05, 3.63) is 58.1 Å². The maximum absolute atomic E-state index is 10.7. The Morgan fingerprint density at radius 2 is 1.93 bits per heavy atom. The standard InChI is InChI=1S/C24H30ClNO4/c1-3-29-18-6-4-17(5-7-18)22(28)15-26-10-8-24(9-11-26)14-21(27)19-13-20(25)16(2)12-23(19)30-24/h4-7,12-13,21-22,27-28H,3,8-11,14-15H2,1-2H3/t21-,22-/m1/s1. The molecule has 2 aliphatic rings. The Labute approximate surface area is 183 Å². The number of likely N-dealkylation sites (tertiary alicyclic amines) is 1. The first-order chi connectivity index (χ1) is 14.4. The third kappa shape index (κ3) is 4.45. The van der Waals surface area contributed by atoms with Gasteiger partial charge >= 0.3 is 0 Å². The molecule has 1 saturated heterocycles. The largest absolute Gasteiger partial charge is 0.494 e. The van der Waals surface area contributed by atoms with Gasteiger partial charge in [0.25, 0.3) is 0 Å². The average molecular weight is 432 g/mol. The zero-order valence-electron chi connectivity index (χ0n) is 17.6. The van der Waals surface area contributed by atoms with Crippen molar-refractivity contribution in [3.63, 3.8) is 0 Å². The Kier molecular flexibility index (Phi) is 6.26. The van der Waals surface area contributed by atoms with Crippen LogP contribution < -0.4 is 9.47 Å². The van der Waals surface area contributed by atoms with Gasteiger partial charge in [-0.25, -0.2) is 0 Å². The topological polar surface area (TPSA) is 62.2 Å². The third-order valence-corrected chi connectivity index (χ3v) is 6.72. The van der Waals surface area contributed by atoms with Crippen LogP contribution in [0.25, 0.3) is 0 Å². The minimum atomic E-state index is -0.562. The summed E-state index contributed by atoms with van der Waals surface area (Å²) in [7, 11) is 0. The van der Waals surface area contributed by atoms with Crippen LogP contribution >= 0.6 is 11.6 Å². The lowest BCUT2D eigenvalue weighted by Crippen LogP contribution is -2.51. The smallest absolute Gasteiger partial charge is 0.126 e. The fourth-order valence-corrected chi connectivity index (χ4v) is 4.68. The molecule has 2 N–H and O–H groups in total. The van der Waals surface area contributed by atoms with E-state index in [1.807, 2.05) is 50.2 Å². The average Bonchev–Trinajstić information content (AvgIpc) is 2.72. The van der Waals surface area contributed by atoms with Gasteiger partial charge in [0.05, 0.1) is 18.8 Å². The molecular weight excluding hydrogens is 402 g/mol. The molecule has 1 spiro atoms. The summed E-state index contributed by atoms with van der Waals surface area (Å²) in [6, 6.07) is 11.4. The van der Waals surface area contributed by atoms with E-state index in [2.05, 4.69) is 4.90 Å². The molecule has 4 rings (SSSR count). The second-order valence-corrected chi connectivity index (χ2v) is 8.87. The van der Waals surface area contributed by atoms with Crippen molar-refractivity contribution in [1.82, 2.24) is 4.90 Å². The summed E-state index contributed by atoms with van der Waals surface area (Å²) >= 11 is 6.23. The molecule has 5 nitrogen and oxygen atoms in total. The maximum Gasteiger partial charge on any atom is 0.126 e. The fraction of sp³-hybridized carbons (Fsp3) is 0.500. The SMILES string of the molecule is CCOc1ccc([C@H](O)CN2CCC3(CC2)C[C@@H](O)c2cc(Cl)c(C)cc2O3)cc1. The molecule has 0 saturated carbocycles. The predicted molar refractivity (Wildman–Crippen MR) is 117 cm³/mol. The summed E-state index contributed by atoms with van der Waals surface area (Å²) in [4.78, 5) is 2.27. The normalized spacial score (nSPS) is 21.7. The molecule has 0 aliphatic carbocycles. The van der Waals surface area contributed by atoms with Gasteiger partial charge in [-0.15, -0.1) is 0 Å². The zero-order valence-corrected chi connectivity index (χ0v) is 18.4. The maximum atomic E-state index is 10.7. The van der Waals surface area contributed by atoms with Crippen LogP contribution in [0, 0.1) is 6.92 Å². The molecule has 162 valence electrons. The summed E-state index contributed by atoms with van der Waals surface area (Å²) in [5.74, 6) is 1.57. The molecule has 2 aliphatic heterocycles. The number of aliphatic hydroxyl groups is 2. The number of benzene rings is 2. The van der Waals surface area contributed by atoms with E-state index in [0.29, 0.717) is 24.6 Å². The monoisotopic (exact) mass is 431 g/mol. The predicted octanol–water partition coefficient (Wildman–Crippen LogP) is 4.43. The Morgan fingerprint density at radius 3 is 2.60 bits per heavy atom. The van der Waals surface area contributed by atoms with Crippen LogP contribution in [0.3, 0.4) is 0 Å². The number of piperidine rings is 1. The number of aryl methyl sites for hydroxylation is 1. The molecule has 0 unspecified atom stereocenters. The molecule has 1 fully saturated rings. The van der Waals surface area contributed by atoms with Gasteiger partial charge in [-0.05, 0) is 62.1 Å². The first-order valence-electron chi connectivity index (χ1n) is 10.7. The van der Waals surface area contributed by atoms with Crippen LogP contribution in [0.4, 0.5) is 0 Å². The molecule has 2 atom stereocenters. The molecule has 0 amide bonds. The van der Waals surface area contributed by atoms with Crippen LogP contribution in [0.2, 0.25) is 5.02 Å². The lowest BCUT2D eigenvalue weighted by Gasteiger charge is -2.46. The molecule has 6 heteroatoms. The molecular formula is C24H30ClNO4. The van der Waals surface area contributed by atoms with Crippen molar-refractivity contribution in [1.29, 1.82) is 0 Å². The highest BCUT2D eigenvalue weighted by Gasteiger charge is 2.43. The van der Waals surface area contributed by atoms with Crippen LogP contribution in [0.5, 0.6) is 11.5 Å². The lowest BCUT2D eigenvalue weighted by atomic mass is 9.81. The number of aliphatic hydroxyl groups excluding tert-OH is 2. The van der Waals surface area contributed by atoms with Gasteiger partial charge in [0.1, 0.15) is 17.1 Å². The molecule has 0 aromatic heterocycles. The molecule has 2 heterocycles. The summed E-state index contributed by atoms with van der Waals surface area (Å²) in [5, 5.41) is 22.0. The van der Waals surface area contributed by atoms with Gasteiger partial charge in [0, 0.05) is 36.6 Å². The first kappa shape index (κ1) is 21.4. The van der Waals surface area contributed by atoms with Gasteiger partial charge < -0.3 is 24.6 Å². The van der Waals surface area contributed by atoms with Gasteiger partial charge in [-0.3, -0.25) is 0 Å². The van der Waals surface area contributed by atoms with Crippen LogP contribution in [0.1, 0.15) is 55.1 Å². The number of nitrogens with zero attached hydrogens (tertiary/aromatic N) is 1. The fourth-order valence-electron chi connectivity index (χ4n) is 4.51. The highest BCUT2D eigenvalue weighted by Crippen LogP contribution is 2.45. The first-order valence-corrected chi connectivity index (χ1v) is 11.1. The highest BCUT2D eigenvalue weighted by atomic mass is 35.5. The Bertz CT molecular complexity index is 878. The van der Waals surface area contributed by atoms with E-state index < -0.39 is 12.2 Å². The number of hydrogen-bond donors (Lipinski definition) is 2. The van der Waals surface area contributed by atoms with E-state index in [0.717, 1.165) is 54.1 Å². The van der Waals surface area contributed by atoms with Gasteiger partial charge in [0.2, 0.25) is 0 Å². The van der Waals surface area contributed by atoms with E-state index in [1.54, 1.807) is 0 Å². The van der Waals surface area contributed by atoms with Crippen molar-refractivity contribution >= 4 is 11.6 Å². The van der Waals surface area contributed by atoms with Crippen molar-refractivity contribution < 1.29 is 19.7 Å². The van der Waals surface area contributed by atoms with Crippen LogP contribution in [-0.2, 0) is 0 Å². The van der Waals surface area contributed by atoms with E-state index in [9.17, 15) is 10.2 Å². The molecule has 2 aromatic rings. The molecule has 30 heavy (non-hydrogen) atoms. The summed E-state index contributed by atoms with van der Waals surface area (Å²) in [5.41, 5.74) is 2.28. The second-order valence-electron chi connectivity index (χ2n) is 8.46. The van der Waals surface area contributed by atoms with Gasteiger partial charge in [-0.1, -0.05) is 23.7 Å². The summed E-state index contributed by atoms with van der Waals surface area (Å²) < 4.78 is 11.9. The number of fused-ring (bicyclic) bond motifs is 1. The molecule has 0 radical (unpaired) electrons. The summed E-state index contributed by atoms with van der Waals surface area (Å²) in [6.45, 7) is 6.76. The van der Waals surface area contributed by atoms with E-state index >= 15 is 0 Å². The van der Waals surface area contributed by atoms with Crippen molar-refractivity contribution in [2.45, 2.75) is 50.9 Å².